The third kappa shape index (κ3) is 4.63. The fraction of sp³-hybridized carbons (Fsp3) is 0.455. The van der Waals surface area contributed by atoms with Gasteiger partial charge in [-0.3, -0.25) is 4.79 Å². The van der Waals surface area contributed by atoms with E-state index in [0.29, 0.717) is 38.3 Å². The molecule has 3 saturated heterocycles. The topological polar surface area (TPSA) is 96.9 Å². The molecule has 0 radical (unpaired) electrons. The van der Waals surface area contributed by atoms with Gasteiger partial charge in [-0.1, -0.05) is 12.1 Å². The van der Waals surface area contributed by atoms with Crippen LogP contribution in [0.3, 0.4) is 0 Å². The highest BCUT2D eigenvalue weighted by Crippen LogP contribution is 2.32. The summed E-state index contributed by atoms with van der Waals surface area (Å²) in [6.07, 6.45) is -2.94. The number of fused-ring (bicyclic) bond motifs is 1. The first kappa shape index (κ1) is 22.4. The maximum Gasteiger partial charge on any atom is 0.433 e. The van der Waals surface area contributed by atoms with Gasteiger partial charge >= 0.3 is 18.2 Å². The Morgan fingerprint density at radius 3 is 2.62 bits per heavy atom. The number of nitrogens with zero attached hydrogens (tertiary/aromatic N) is 4. The molecule has 1 unspecified atom stereocenters. The molecule has 3 aliphatic heterocycles. The summed E-state index contributed by atoms with van der Waals surface area (Å²) in [5.74, 6) is 0.305. The van der Waals surface area contributed by atoms with Gasteiger partial charge < -0.3 is 24.6 Å². The van der Waals surface area contributed by atoms with Crippen LogP contribution >= 0.6 is 0 Å². The Morgan fingerprint density at radius 2 is 1.88 bits per heavy atom. The molecule has 0 spiro atoms. The van der Waals surface area contributed by atoms with Crippen LogP contribution in [0.15, 0.2) is 36.5 Å². The lowest BCUT2D eigenvalue weighted by molar-refractivity contribution is -0.141. The number of benzene rings is 1. The van der Waals surface area contributed by atoms with E-state index in [2.05, 4.69) is 15.3 Å². The Kier molecular flexibility index (Phi) is 5.76. The molecule has 1 aromatic heterocycles. The van der Waals surface area contributed by atoms with E-state index in [4.69, 9.17) is 9.47 Å². The number of hydrogen-bond acceptors (Lipinski definition) is 6. The smallest absolute Gasteiger partial charge is 0.424 e. The van der Waals surface area contributed by atoms with Crippen LogP contribution in [-0.2, 0) is 15.7 Å². The van der Waals surface area contributed by atoms with Gasteiger partial charge in [-0.05, 0) is 30.2 Å². The number of morpholine rings is 1. The third-order valence-electron chi connectivity index (χ3n) is 6.23. The molecule has 12 heteroatoms. The van der Waals surface area contributed by atoms with Gasteiger partial charge in [-0.15, -0.1) is 0 Å². The van der Waals surface area contributed by atoms with Crippen molar-refractivity contribution in [3.8, 4) is 11.8 Å². The molecule has 180 valence electrons. The summed E-state index contributed by atoms with van der Waals surface area (Å²) in [4.78, 5) is 35.0. The predicted octanol–water partition coefficient (Wildman–Crippen LogP) is 2.40. The van der Waals surface area contributed by atoms with Crippen LogP contribution in [0.1, 0.15) is 23.6 Å². The number of rotatable bonds is 3. The van der Waals surface area contributed by atoms with Crippen LogP contribution in [0.5, 0.6) is 11.8 Å². The summed E-state index contributed by atoms with van der Waals surface area (Å²) in [6.45, 7) is 2.20. The van der Waals surface area contributed by atoms with Crippen molar-refractivity contribution in [2.24, 2.45) is 0 Å². The summed E-state index contributed by atoms with van der Waals surface area (Å²) in [6, 6.07) is 7.07. The second-order valence-corrected chi connectivity index (χ2v) is 8.54. The van der Waals surface area contributed by atoms with Crippen LogP contribution in [-0.4, -0.2) is 76.6 Å². The maximum atomic E-state index is 12.9. The summed E-state index contributed by atoms with van der Waals surface area (Å²) in [5, 5.41) is 2.89. The molecular weight excluding hydrogens is 455 g/mol. The summed E-state index contributed by atoms with van der Waals surface area (Å²) < 4.78 is 49.3. The van der Waals surface area contributed by atoms with Gasteiger partial charge in [0.2, 0.25) is 5.91 Å². The quantitative estimate of drug-likeness (QED) is 0.730. The standard InChI is InChI=1S/C22H22F3N5O4/c23-22(24,25)18-5-7-26-20(28-18)34-15-3-1-13(2-4-15)14-9-30(10-14)21(32)29-8-6-17-16(11-29)27-19(31)12-33-17/h1-5,7,14,16-17H,6,8-12H2,(H,27,31)/t16-,17?/m1/s1. The highest BCUT2D eigenvalue weighted by molar-refractivity contribution is 5.79. The zero-order chi connectivity index (χ0) is 23.9. The first-order chi connectivity index (χ1) is 16.3. The Morgan fingerprint density at radius 1 is 1.12 bits per heavy atom. The lowest BCUT2D eigenvalue weighted by Crippen LogP contribution is -2.63. The number of ether oxygens (including phenoxy) is 2. The highest BCUT2D eigenvalue weighted by atomic mass is 19.4. The predicted molar refractivity (Wildman–Crippen MR) is 111 cm³/mol. The van der Waals surface area contributed by atoms with E-state index in [1.165, 1.54) is 0 Å². The fourth-order valence-corrected chi connectivity index (χ4v) is 4.38. The number of piperidine rings is 1. The van der Waals surface area contributed by atoms with Gasteiger partial charge in [0.05, 0.1) is 12.1 Å². The van der Waals surface area contributed by atoms with Crippen molar-refractivity contribution in [3.63, 3.8) is 0 Å². The van der Waals surface area contributed by atoms with Crippen molar-refractivity contribution in [2.45, 2.75) is 30.7 Å². The Balaban J connectivity index is 1.14. The number of alkyl halides is 3. The molecule has 2 aromatic rings. The summed E-state index contributed by atoms with van der Waals surface area (Å²) in [5.41, 5.74) is -0.0796. The Hall–Kier alpha value is -3.41. The minimum atomic E-state index is -4.58. The highest BCUT2D eigenvalue weighted by Gasteiger charge is 2.40. The van der Waals surface area contributed by atoms with Crippen LogP contribution in [0, 0.1) is 0 Å². The zero-order valence-corrected chi connectivity index (χ0v) is 18.0. The van der Waals surface area contributed by atoms with Crippen molar-refractivity contribution in [3.05, 3.63) is 47.8 Å². The lowest BCUT2D eigenvalue weighted by Gasteiger charge is -2.46. The number of hydrogen-bond donors (Lipinski definition) is 1. The molecule has 1 N–H and O–H groups in total. The Labute approximate surface area is 192 Å². The monoisotopic (exact) mass is 477 g/mol. The van der Waals surface area contributed by atoms with Crippen molar-refractivity contribution in [2.75, 3.05) is 32.8 Å². The van der Waals surface area contributed by atoms with Crippen LogP contribution < -0.4 is 10.1 Å². The number of nitrogens with one attached hydrogen (secondary N) is 1. The zero-order valence-electron chi connectivity index (χ0n) is 18.0. The van der Waals surface area contributed by atoms with Crippen LogP contribution in [0.4, 0.5) is 18.0 Å². The van der Waals surface area contributed by atoms with Crippen molar-refractivity contribution < 1.29 is 32.2 Å². The second-order valence-electron chi connectivity index (χ2n) is 8.54. The van der Waals surface area contributed by atoms with Crippen molar-refractivity contribution >= 4 is 11.9 Å². The van der Waals surface area contributed by atoms with E-state index >= 15 is 0 Å². The average molecular weight is 477 g/mol. The molecular formula is C22H22F3N5O4. The number of carbonyl (C=O) groups excluding carboxylic acids is 2. The van der Waals surface area contributed by atoms with Gasteiger partial charge in [0.25, 0.3) is 0 Å². The summed E-state index contributed by atoms with van der Waals surface area (Å²) in [7, 11) is 0. The number of likely N-dealkylation sites (tertiary alicyclic amines) is 2. The van der Waals surface area contributed by atoms with Gasteiger partial charge in [-0.25, -0.2) is 9.78 Å². The van der Waals surface area contributed by atoms with E-state index in [1.54, 1.807) is 21.9 Å². The maximum absolute atomic E-state index is 12.9. The molecule has 9 nitrogen and oxygen atoms in total. The van der Waals surface area contributed by atoms with E-state index in [0.717, 1.165) is 17.8 Å². The molecule has 0 saturated carbocycles. The Bertz CT molecular complexity index is 1070. The number of carbonyl (C=O) groups is 2. The van der Waals surface area contributed by atoms with E-state index in [1.807, 2.05) is 12.1 Å². The SMILES string of the molecule is O=C1COC2CCN(C(=O)N3CC(c4ccc(Oc5nccc(C(F)(F)F)n5)cc4)C3)C[C@H]2N1. The molecule has 3 aliphatic rings. The number of amides is 3. The number of aromatic nitrogens is 2. The molecule has 4 heterocycles. The van der Waals surface area contributed by atoms with E-state index in [-0.39, 0.29) is 42.6 Å². The molecule has 2 atom stereocenters. The first-order valence-electron chi connectivity index (χ1n) is 10.9. The second kappa shape index (κ2) is 8.75. The largest absolute Gasteiger partial charge is 0.433 e. The fourth-order valence-electron chi connectivity index (χ4n) is 4.38. The molecule has 0 aliphatic carbocycles. The molecule has 3 amide bonds. The minimum Gasteiger partial charge on any atom is -0.424 e. The van der Waals surface area contributed by atoms with Crippen LogP contribution in [0.25, 0.3) is 0 Å². The number of halogens is 3. The molecule has 1 aromatic carbocycles. The van der Waals surface area contributed by atoms with Crippen LogP contribution in [0.2, 0.25) is 0 Å². The summed E-state index contributed by atoms with van der Waals surface area (Å²) >= 11 is 0. The molecule has 0 bridgehead atoms. The normalized spacial score (nSPS) is 23.1. The number of urea groups is 1. The minimum absolute atomic E-state index is 0.0482. The van der Waals surface area contributed by atoms with Gasteiger partial charge in [0.15, 0.2) is 5.69 Å². The third-order valence-corrected chi connectivity index (χ3v) is 6.23. The average Bonchev–Trinajstić information content (AvgIpc) is 2.78. The van der Waals surface area contributed by atoms with Gasteiger partial charge in [0.1, 0.15) is 12.4 Å². The van der Waals surface area contributed by atoms with E-state index in [9.17, 15) is 22.8 Å². The van der Waals surface area contributed by atoms with E-state index < -0.39 is 11.9 Å². The molecule has 3 fully saturated rings. The first-order valence-corrected chi connectivity index (χ1v) is 10.9. The van der Waals surface area contributed by atoms with Crippen molar-refractivity contribution in [1.82, 2.24) is 25.1 Å². The lowest BCUT2D eigenvalue weighted by atomic mass is 9.91. The van der Waals surface area contributed by atoms with Gasteiger partial charge in [-0.2, -0.15) is 18.2 Å². The van der Waals surface area contributed by atoms with Crippen molar-refractivity contribution in [1.29, 1.82) is 0 Å². The molecule has 5 rings (SSSR count). The van der Waals surface area contributed by atoms with Gasteiger partial charge in [0, 0.05) is 38.3 Å². The molecule has 34 heavy (non-hydrogen) atoms.